The molecule has 3 aliphatic carbocycles. The summed E-state index contributed by atoms with van der Waals surface area (Å²) in [6.07, 6.45) is 16.7. The highest BCUT2D eigenvalue weighted by Crippen LogP contribution is 2.63. The summed E-state index contributed by atoms with van der Waals surface area (Å²) < 4.78 is 0. The molecule has 76 valence electrons. The lowest BCUT2D eigenvalue weighted by molar-refractivity contribution is 0.216. The zero-order valence-corrected chi connectivity index (χ0v) is 9.08. The van der Waals surface area contributed by atoms with E-state index in [1.807, 2.05) is 0 Å². The van der Waals surface area contributed by atoms with E-state index in [9.17, 15) is 0 Å². The van der Waals surface area contributed by atoms with Gasteiger partial charge in [-0.15, -0.1) is 0 Å². The van der Waals surface area contributed by atoms with Crippen LogP contribution in [0.3, 0.4) is 0 Å². The molecule has 3 rings (SSSR count). The Kier molecular flexibility index (Phi) is 1.87. The summed E-state index contributed by atoms with van der Waals surface area (Å²) in [4.78, 5) is 0. The van der Waals surface area contributed by atoms with Crippen LogP contribution in [0.4, 0.5) is 0 Å². The fourth-order valence-corrected chi connectivity index (χ4v) is 3.72. The Morgan fingerprint density at radius 1 is 1.07 bits per heavy atom. The highest BCUT2D eigenvalue weighted by atomic mass is 14.6. The zero-order valence-electron chi connectivity index (χ0n) is 9.08. The van der Waals surface area contributed by atoms with E-state index in [1.165, 1.54) is 32.1 Å². The third kappa shape index (κ3) is 1.20. The van der Waals surface area contributed by atoms with Gasteiger partial charge in [-0.3, -0.25) is 0 Å². The SMILES string of the molecule is CC1CCCCC1C1CC12C=CC=C2. The predicted octanol–water partition coefficient (Wildman–Crippen LogP) is 3.95. The van der Waals surface area contributed by atoms with E-state index in [2.05, 4.69) is 31.2 Å². The molecule has 0 heteroatoms. The summed E-state index contributed by atoms with van der Waals surface area (Å²) in [5.74, 6) is 3.00. The van der Waals surface area contributed by atoms with Crippen molar-refractivity contribution in [1.82, 2.24) is 0 Å². The molecule has 14 heavy (non-hydrogen) atoms. The molecule has 0 amide bonds. The topological polar surface area (TPSA) is 0 Å². The highest BCUT2D eigenvalue weighted by Gasteiger charge is 2.55. The van der Waals surface area contributed by atoms with Gasteiger partial charge in [-0.25, -0.2) is 0 Å². The summed E-state index contributed by atoms with van der Waals surface area (Å²) in [6, 6.07) is 0. The molecule has 2 fully saturated rings. The standard InChI is InChI=1S/C14H20/c1-11-6-2-3-7-12(11)13-10-14(13)8-4-5-9-14/h4-5,8-9,11-13H,2-3,6-7,10H2,1H3. The average molecular weight is 188 g/mol. The summed E-state index contributed by atoms with van der Waals surface area (Å²) in [5.41, 5.74) is 0.538. The molecule has 0 heterocycles. The van der Waals surface area contributed by atoms with Crippen LogP contribution in [-0.2, 0) is 0 Å². The van der Waals surface area contributed by atoms with Gasteiger partial charge < -0.3 is 0 Å². The largest absolute Gasteiger partial charge is 0.0742 e. The lowest BCUT2D eigenvalue weighted by Crippen LogP contribution is -2.20. The van der Waals surface area contributed by atoms with E-state index in [4.69, 9.17) is 0 Å². The average Bonchev–Trinajstić information content (AvgIpc) is 2.67. The van der Waals surface area contributed by atoms with Gasteiger partial charge in [-0.2, -0.15) is 0 Å². The van der Waals surface area contributed by atoms with Crippen molar-refractivity contribution in [3.05, 3.63) is 24.3 Å². The Morgan fingerprint density at radius 2 is 1.79 bits per heavy atom. The minimum absolute atomic E-state index is 0.538. The van der Waals surface area contributed by atoms with Crippen LogP contribution in [0.5, 0.6) is 0 Å². The second-order valence-electron chi connectivity index (χ2n) is 5.57. The molecular formula is C14H20. The van der Waals surface area contributed by atoms with E-state index in [1.54, 1.807) is 0 Å². The molecule has 0 aromatic carbocycles. The minimum atomic E-state index is 0.538. The van der Waals surface area contributed by atoms with Crippen molar-refractivity contribution in [2.45, 2.75) is 39.0 Å². The molecule has 0 aromatic rings. The van der Waals surface area contributed by atoms with E-state index in [-0.39, 0.29) is 0 Å². The second-order valence-corrected chi connectivity index (χ2v) is 5.57. The first-order valence-corrected chi connectivity index (χ1v) is 6.19. The van der Waals surface area contributed by atoms with Crippen molar-refractivity contribution in [3.63, 3.8) is 0 Å². The van der Waals surface area contributed by atoms with Crippen LogP contribution in [0, 0.1) is 23.2 Å². The van der Waals surface area contributed by atoms with Gasteiger partial charge in [-0.1, -0.05) is 50.5 Å². The Balaban J connectivity index is 1.72. The van der Waals surface area contributed by atoms with Gasteiger partial charge in [0.25, 0.3) is 0 Å². The fraction of sp³-hybridized carbons (Fsp3) is 0.714. The third-order valence-corrected chi connectivity index (χ3v) is 4.72. The quantitative estimate of drug-likeness (QED) is 0.584. The Bertz CT molecular complexity index is 272. The van der Waals surface area contributed by atoms with Crippen molar-refractivity contribution in [2.24, 2.45) is 23.2 Å². The zero-order chi connectivity index (χ0) is 9.60. The van der Waals surface area contributed by atoms with Crippen LogP contribution in [0.15, 0.2) is 24.3 Å². The van der Waals surface area contributed by atoms with Gasteiger partial charge in [0.15, 0.2) is 0 Å². The molecular weight excluding hydrogens is 168 g/mol. The van der Waals surface area contributed by atoms with Crippen LogP contribution in [0.1, 0.15) is 39.0 Å². The number of hydrogen-bond donors (Lipinski definition) is 0. The summed E-state index contributed by atoms with van der Waals surface area (Å²) in [6.45, 7) is 2.47. The molecule has 3 unspecified atom stereocenters. The number of hydrogen-bond acceptors (Lipinski definition) is 0. The van der Waals surface area contributed by atoms with Crippen molar-refractivity contribution in [2.75, 3.05) is 0 Å². The maximum Gasteiger partial charge on any atom is 0.0102 e. The monoisotopic (exact) mass is 188 g/mol. The molecule has 0 saturated heterocycles. The molecule has 0 aliphatic heterocycles. The van der Waals surface area contributed by atoms with Gasteiger partial charge >= 0.3 is 0 Å². The van der Waals surface area contributed by atoms with Gasteiger partial charge in [0.1, 0.15) is 0 Å². The molecule has 3 atom stereocenters. The van der Waals surface area contributed by atoms with Crippen LogP contribution in [0.25, 0.3) is 0 Å². The van der Waals surface area contributed by atoms with E-state index in [0.717, 1.165) is 17.8 Å². The van der Waals surface area contributed by atoms with E-state index >= 15 is 0 Å². The van der Waals surface area contributed by atoms with Gasteiger partial charge in [0.05, 0.1) is 0 Å². The summed E-state index contributed by atoms with van der Waals surface area (Å²) in [5, 5.41) is 0. The first-order chi connectivity index (χ1) is 6.82. The molecule has 0 nitrogen and oxygen atoms in total. The maximum atomic E-state index is 2.47. The van der Waals surface area contributed by atoms with Crippen molar-refractivity contribution in [3.8, 4) is 0 Å². The predicted molar refractivity (Wildman–Crippen MR) is 59.9 cm³/mol. The first-order valence-electron chi connectivity index (χ1n) is 6.19. The molecule has 2 saturated carbocycles. The Labute approximate surface area is 87.1 Å². The van der Waals surface area contributed by atoms with Crippen molar-refractivity contribution < 1.29 is 0 Å². The molecule has 0 N–H and O–H groups in total. The van der Waals surface area contributed by atoms with Gasteiger partial charge in [0, 0.05) is 5.41 Å². The van der Waals surface area contributed by atoms with Gasteiger partial charge in [0.2, 0.25) is 0 Å². The van der Waals surface area contributed by atoms with Crippen LogP contribution in [0.2, 0.25) is 0 Å². The minimum Gasteiger partial charge on any atom is -0.0742 e. The lowest BCUT2D eigenvalue weighted by Gasteiger charge is -2.30. The van der Waals surface area contributed by atoms with Gasteiger partial charge in [-0.05, 0) is 30.6 Å². The highest BCUT2D eigenvalue weighted by molar-refractivity contribution is 5.34. The molecule has 0 bridgehead atoms. The lowest BCUT2D eigenvalue weighted by atomic mass is 9.76. The second kappa shape index (κ2) is 2.98. The molecule has 0 aromatic heterocycles. The van der Waals surface area contributed by atoms with Crippen LogP contribution in [-0.4, -0.2) is 0 Å². The van der Waals surface area contributed by atoms with Crippen LogP contribution >= 0.6 is 0 Å². The normalized spacial score (nSPS) is 43.4. The molecule has 0 radical (unpaired) electrons. The smallest absolute Gasteiger partial charge is 0.0102 e. The van der Waals surface area contributed by atoms with E-state index < -0.39 is 0 Å². The van der Waals surface area contributed by atoms with Crippen LogP contribution < -0.4 is 0 Å². The fourth-order valence-electron chi connectivity index (χ4n) is 3.72. The number of rotatable bonds is 1. The van der Waals surface area contributed by atoms with Crippen molar-refractivity contribution in [1.29, 1.82) is 0 Å². The molecule has 1 spiro atoms. The molecule has 3 aliphatic rings. The van der Waals surface area contributed by atoms with E-state index in [0.29, 0.717) is 5.41 Å². The Morgan fingerprint density at radius 3 is 2.50 bits per heavy atom. The third-order valence-electron chi connectivity index (χ3n) is 4.72. The number of allylic oxidation sites excluding steroid dienone is 4. The Hall–Kier alpha value is -0.520. The summed E-state index contributed by atoms with van der Waals surface area (Å²) >= 11 is 0. The first kappa shape index (κ1) is 8.76. The van der Waals surface area contributed by atoms with Crippen molar-refractivity contribution >= 4 is 0 Å². The summed E-state index contributed by atoms with van der Waals surface area (Å²) in [7, 11) is 0. The maximum absolute atomic E-state index is 2.47.